The lowest BCUT2D eigenvalue weighted by molar-refractivity contribution is -0.224. The second-order valence-electron chi connectivity index (χ2n) is 7.18. The number of fused-ring (bicyclic) bond motifs is 2. The van der Waals surface area contributed by atoms with Gasteiger partial charge in [0.05, 0.1) is 23.2 Å². The summed E-state index contributed by atoms with van der Waals surface area (Å²) < 4.78 is 11.3. The molecule has 0 spiro atoms. The normalized spacial score (nSPS) is 68.2. The number of ether oxygens (including phenoxy) is 2. The Hall–Kier alpha value is 0.420. The average molecular weight is 386 g/mol. The van der Waals surface area contributed by atoms with Crippen molar-refractivity contribution in [3.05, 3.63) is 0 Å². The number of hydrogen-bond donors (Lipinski definition) is 0. The van der Waals surface area contributed by atoms with Crippen LogP contribution in [-0.2, 0) is 19.1 Å². The van der Waals surface area contributed by atoms with Gasteiger partial charge in [-0.25, -0.2) is 0 Å². The van der Waals surface area contributed by atoms with Crippen molar-refractivity contribution < 1.29 is 19.1 Å². The molecule has 0 unspecified atom stereocenters. The number of Topliss-reactive ketones (excluding diaryl/α,β-unsaturated/α-hetero) is 2. The predicted molar refractivity (Wildman–Crippen MR) is 79.7 cm³/mol. The van der Waals surface area contributed by atoms with Crippen molar-refractivity contribution in [2.24, 2.45) is 23.2 Å². The Kier molecular flexibility index (Phi) is 2.10. The third kappa shape index (κ3) is 0.680. The number of alkyl halides is 4. The smallest absolute Gasteiger partial charge is 0.211 e. The summed E-state index contributed by atoms with van der Waals surface area (Å²) in [6.07, 6.45) is 0. The van der Waals surface area contributed by atoms with E-state index in [0.29, 0.717) is 0 Å². The Bertz CT molecular complexity index is 709. The number of ketones is 2. The van der Waals surface area contributed by atoms with Gasteiger partial charge in [0.15, 0.2) is 0 Å². The van der Waals surface area contributed by atoms with E-state index in [4.69, 9.17) is 55.9 Å². The molecule has 5 aliphatic rings. The number of carbonyl (C=O) groups is 2. The predicted octanol–water partition coefficient (Wildman–Crippen LogP) is 1.95. The fourth-order valence-electron chi connectivity index (χ4n) is 6.90. The van der Waals surface area contributed by atoms with Crippen LogP contribution in [-0.4, -0.2) is 51.1 Å². The van der Waals surface area contributed by atoms with Gasteiger partial charge in [-0.05, 0) is 0 Å². The summed E-state index contributed by atoms with van der Waals surface area (Å²) in [4.78, 5) is 20.3. The minimum Gasteiger partial charge on any atom is -0.350 e. The summed E-state index contributed by atoms with van der Waals surface area (Å²) in [5.41, 5.74) is -1.13. The van der Waals surface area contributed by atoms with Crippen LogP contribution < -0.4 is 0 Å². The fourth-order valence-corrected chi connectivity index (χ4v) is 10.3. The quantitative estimate of drug-likeness (QED) is 0.538. The topological polar surface area (TPSA) is 52.6 Å². The lowest BCUT2D eigenvalue weighted by Gasteiger charge is -2.63. The molecule has 5 saturated carbocycles. The molecule has 120 valence electrons. The van der Waals surface area contributed by atoms with Crippen LogP contribution in [0.2, 0.25) is 0 Å². The van der Waals surface area contributed by atoms with Crippen molar-refractivity contribution in [1.82, 2.24) is 0 Å². The molecule has 8 atom stereocenters. The zero-order valence-corrected chi connectivity index (χ0v) is 14.9. The molecule has 0 aromatic rings. The van der Waals surface area contributed by atoms with Crippen LogP contribution in [0.25, 0.3) is 0 Å². The van der Waals surface area contributed by atoms with E-state index in [1.165, 1.54) is 14.2 Å². The van der Waals surface area contributed by atoms with Gasteiger partial charge >= 0.3 is 0 Å². The molecule has 8 heteroatoms. The molecule has 0 aromatic carbocycles. The third-order valence-electron chi connectivity index (χ3n) is 7.33. The van der Waals surface area contributed by atoms with E-state index in [1.54, 1.807) is 6.92 Å². The van der Waals surface area contributed by atoms with E-state index < -0.39 is 48.5 Å². The van der Waals surface area contributed by atoms with Gasteiger partial charge < -0.3 is 9.47 Å². The summed E-state index contributed by atoms with van der Waals surface area (Å²) in [6.45, 7) is 1.67. The number of rotatable bonds is 2. The first-order valence-electron chi connectivity index (χ1n) is 6.99. The van der Waals surface area contributed by atoms with Crippen LogP contribution in [0.4, 0.5) is 0 Å². The fraction of sp³-hybridized carbons (Fsp3) is 0.857. The van der Waals surface area contributed by atoms with E-state index in [2.05, 4.69) is 0 Å². The molecule has 0 heterocycles. The average Bonchev–Trinajstić information content (AvgIpc) is 2.77. The summed E-state index contributed by atoms with van der Waals surface area (Å²) in [7, 11) is 2.78. The Morgan fingerprint density at radius 2 is 1.45 bits per heavy atom. The molecule has 0 radical (unpaired) electrons. The molecule has 5 rings (SSSR count). The zero-order valence-electron chi connectivity index (χ0n) is 11.9. The molecule has 0 amide bonds. The number of halogens is 4. The highest BCUT2D eigenvalue weighted by Crippen LogP contribution is 2.98. The van der Waals surface area contributed by atoms with E-state index in [-0.39, 0.29) is 11.6 Å². The lowest BCUT2D eigenvalue weighted by atomic mass is 9.48. The molecule has 5 fully saturated rings. The minimum atomic E-state index is -1.60. The first-order valence-corrected chi connectivity index (χ1v) is 8.50. The molecular formula is C14H12Cl4O4. The standard InChI is InChI=1S/C14H12Cl4O4/c1-9-7-6(19)4-5(8(9)20)11(16)13(9,18)12(7,17)10(4,15)14(11,21-2)22-3/h4-5,7H,1-3H3/t4-,5+,7-,9-,10+,11-,12-,13-/m0/s1. The Morgan fingerprint density at radius 1 is 0.909 bits per heavy atom. The first kappa shape index (κ1) is 14.7. The van der Waals surface area contributed by atoms with Crippen LogP contribution in [0.5, 0.6) is 0 Å². The van der Waals surface area contributed by atoms with E-state index in [9.17, 15) is 9.59 Å². The number of carbonyl (C=O) groups excluding carboxylic acids is 2. The van der Waals surface area contributed by atoms with Crippen molar-refractivity contribution in [2.45, 2.75) is 32.2 Å². The number of methoxy groups -OCH3 is 2. The van der Waals surface area contributed by atoms with Crippen molar-refractivity contribution in [2.75, 3.05) is 14.2 Å². The first-order chi connectivity index (χ1) is 10.1. The SMILES string of the molecule is COC1(OC)[C@]2(Cl)[C@H]3C(=O)[C@]4(C)[C@@H]5C(=O)[C@H]3[C@@]1(Cl)[C@]5(Cl)[C@@]24Cl. The summed E-state index contributed by atoms with van der Waals surface area (Å²) in [5, 5.41) is 0. The summed E-state index contributed by atoms with van der Waals surface area (Å²) >= 11 is 27.8. The summed E-state index contributed by atoms with van der Waals surface area (Å²) in [6, 6.07) is 0. The lowest BCUT2D eigenvalue weighted by Crippen LogP contribution is -2.78. The van der Waals surface area contributed by atoms with Gasteiger partial charge in [-0.3, -0.25) is 9.59 Å². The molecule has 0 N–H and O–H groups in total. The van der Waals surface area contributed by atoms with Crippen LogP contribution >= 0.6 is 46.4 Å². The maximum atomic E-state index is 13.0. The maximum Gasteiger partial charge on any atom is 0.211 e. The van der Waals surface area contributed by atoms with Gasteiger partial charge in [0.25, 0.3) is 0 Å². The highest BCUT2D eigenvalue weighted by molar-refractivity contribution is 6.57. The number of hydrogen-bond acceptors (Lipinski definition) is 4. The van der Waals surface area contributed by atoms with E-state index in [1.807, 2.05) is 0 Å². The van der Waals surface area contributed by atoms with Gasteiger partial charge in [0.2, 0.25) is 5.79 Å². The van der Waals surface area contributed by atoms with E-state index >= 15 is 0 Å². The van der Waals surface area contributed by atoms with Crippen molar-refractivity contribution in [3.8, 4) is 0 Å². The molecule has 22 heavy (non-hydrogen) atoms. The van der Waals surface area contributed by atoms with E-state index in [0.717, 1.165) is 0 Å². The minimum absolute atomic E-state index is 0.146. The third-order valence-corrected chi connectivity index (χ3v) is 11.0. The highest BCUT2D eigenvalue weighted by atomic mass is 35.5. The molecule has 4 nitrogen and oxygen atoms in total. The molecule has 5 aliphatic carbocycles. The second kappa shape index (κ2) is 3.13. The van der Waals surface area contributed by atoms with Gasteiger partial charge in [0, 0.05) is 14.2 Å². The second-order valence-corrected chi connectivity index (χ2v) is 9.53. The molecule has 0 aromatic heterocycles. The Morgan fingerprint density at radius 3 is 1.95 bits per heavy atom. The van der Waals surface area contributed by atoms with Gasteiger partial charge in [0.1, 0.15) is 31.1 Å². The van der Waals surface area contributed by atoms with Crippen LogP contribution in [0, 0.1) is 23.2 Å². The molecular weight excluding hydrogens is 374 g/mol. The van der Waals surface area contributed by atoms with Crippen LogP contribution in [0.3, 0.4) is 0 Å². The molecule has 0 saturated heterocycles. The monoisotopic (exact) mass is 384 g/mol. The molecule has 0 aliphatic heterocycles. The van der Waals surface area contributed by atoms with Crippen LogP contribution in [0.15, 0.2) is 0 Å². The van der Waals surface area contributed by atoms with Gasteiger partial charge in [-0.15, -0.1) is 46.4 Å². The van der Waals surface area contributed by atoms with Crippen LogP contribution in [0.1, 0.15) is 6.92 Å². The Labute approximate surface area is 146 Å². The van der Waals surface area contributed by atoms with Gasteiger partial charge in [-0.1, -0.05) is 6.92 Å². The van der Waals surface area contributed by atoms with Crippen molar-refractivity contribution in [1.29, 1.82) is 0 Å². The summed E-state index contributed by atoms with van der Waals surface area (Å²) in [5.74, 6) is -4.32. The zero-order chi connectivity index (χ0) is 16.3. The van der Waals surface area contributed by atoms with Crippen molar-refractivity contribution >= 4 is 58.0 Å². The largest absolute Gasteiger partial charge is 0.350 e. The molecule has 2 bridgehead atoms. The van der Waals surface area contributed by atoms with Crippen molar-refractivity contribution in [3.63, 3.8) is 0 Å². The highest BCUT2D eigenvalue weighted by Gasteiger charge is 3.15. The Balaban J connectivity index is 2.01. The van der Waals surface area contributed by atoms with Gasteiger partial charge in [-0.2, -0.15) is 0 Å². The maximum absolute atomic E-state index is 13.0.